The molecule has 78 valence electrons. The first-order valence-electron chi connectivity index (χ1n) is 4.69. The maximum absolute atomic E-state index is 8.91. The summed E-state index contributed by atoms with van der Waals surface area (Å²) in [7, 11) is 1.63. The molecule has 0 radical (unpaired) electrons. The lowest BCUT2D eigenvalue weighted by Gasteiger charge is -2.12. The van der Waals surface area contributed by atoms with Crippen molar-refractivity contribution >= 4 is 11.6 Å². The maximum Gasteiger partial charge on any atom is 0.123 e. The Kier molecular flexibility index (Phi) is 4.23. The van der Waals surface area contributed by atoms with Crippen molar-refractivity contribution in [2.45, 2.75) is 19.8 Å². The second kappa shape index (κ2) is 5.23. The van der Waals surface area contributed by atoms with E-state index in [1.807, 2.05) is 6.07 Å². The predicted molar refractivity (Wildman–Crippen MR) is 58.2 cm³/mol. The molecule has 0 aliphatic rings. The molecular formula is C11H15ClO2. The zero-order valence-corrected chi connectivity index (χ0v) is 9.27. The fraction of sp³-hybridized carbons (Fsp3) is 0.455. The fourth-order valence-electron chi connectivity index (χ4n) is 1.59. The minimum absolute atomic E-state index is 0.135. The molecule has 0 atom stereocenters. The van der Waals surface area contributed by atoms with E-state index in [0.29, 0.717) is 11.4 Å². The molecule has 0 heterocycles. The lowest BCUT2D eigenvalue weighted by molar-refractivity contribution is 0.299. The van der Waals surface area contributed by atoms with Gasteiger partial charge in [-0.3, -0.25) is 0 Å². The van der Waals surface area contributed by atoms with Crippen molar-refractivity contribution in [1.29, 1.82) is 0 Å². The monoisotopic (exact) mass is 214 g/mol. The molecule has 0 aromatic heterocycles. The van der Waals surface area contributed by atoms with E-state index in [9.17, 15) is 0 Å². The van der Waals surface area contributed by atoms with Crippen molar-refractivity contribution in [2.24, 2.45) is 0 Å². The molecule has 0 saturated carbocycles. The van der Waals surface area contributed by atoms with Crippen molar-refractivity contribution in [3.63, 3.8) is 0 Å². The molecule has 1 aromatic rings. The normalized spacial score (nSPS) is 10.3. The topological polar surface area (TPSA) is 29.5 Å². The second-order valence-corrected chi connectivity index (χ2v) is 3.51. The molecule has 3 heteroatoms. The number of benzene rings is 1. The lowest BCUT2D eigenvalue weighted by Crippen LogP contribution is -2.00. The van der Waals surface area contributed by atoms with Crippen LogP contribution in [0.4, 0.5) is 0 Å². The van der Waals surface area contributed by atoms with E-state index in [1.54, 1.807) is 13.2 Å². The third-order valence-corrected chi connectivity index (χ3v) is 2.44. The zero-order valence-electron chi connectivity index (χ0n) is 8.51. The van der Waals surface area contributed by atoms with Gasteiger partial charge in [-0.05, 0) is 36.1 Å². The largest absolute Gasteiger partial charge is 0.496 e. The first-order chi connectivity index (χ1) is 6.72. The molecule has 0 spiro atoms. The lowest BCUT2D eigenvalue weighted by atomic mass is 10.0. The molecule has 0 saturated heterocycles. The van der Waals surface area contributed by atoms with Gasteiger partial charge in [-0.2, -0.15) is 0 Å². The highest BCUT2D eigenvalue weighted by atomic mass is 35.5. The van der Waals surface area contributed by atoms with Gasteiger partial charge in [0.15, 0.2) is 0 Å². The molecule has 0 aliphatic carbocycles. The number of methoxy groups -OCH3 is 1. The number of hydrogen-bond acceptors (Lipinski definition) is 2. The van der Waals surface area contributed by atoms with Gasteiger partial charge in [0, 0.05) is 11.6 Å². The second-order valence-electron chi connectivity index (χ2n) is 3.07. The van der Waals surface area contributed by atoms with E-state index >= 15 is 0 Å². The van der Waals surface area contributed by atoms with Crippen molar-refractivity contribution in [2.75, 3.05) is 13.7 Å². The number of aliphatic hydroxyl groups is 1. The number of ether oxygens (including phenoxy) is 1. The van der Waals surface area contributed by atoms with Crippen LogP contribution in [0.2, 0.25) is 5.02 Å². The van der Waals surface area contributed by atoms with Crippen LogP contribution < -0.4 is 4.74 Å². The Bertz CT molecular complexity index is 310. The van der Waals surface area contributed by atoms with Gasteiger partial charge in [0.05, 0.1) is 7.11 Å². The molecule has 0 amide bonds. The Hall–Kier alpha value is -0.730. The van der Waals surface area contributed by atoms with Crippen LogP contribution in [0.3, 0.4) is 0 Å². The summed E-state index contributed by atoms with van der Waals surface area (Å²) >= 11 is 5.93. The summed E-state index contributed by atoms with van der Waals surface area (Å²) in [6.45, 7) is 2.20. The predicted octanol–water partition coefficient (Wildman–Crippen LogP) is 2.45. The average molecular weight is 215 g/mol. The summed E-state index contributed by atoms with van der Waals surface area (Å²) in [6, 6.07) is 3.69. The van der Waals surface area contributed by atoms with Crippen LogP contribution in [0, 0.1) is 0 Å². The molecule has 0 unspecified atom stereocenters. The van der Waals surface area contributed by atoms with Gasteiger partial charge in [-0.25, -0.2) is 0 Å². The summed E-state index contributed by atoms with van der Waals surface area (Å²) in [5.74, 6) is 0.809. The average Bonchev–Trinajstić information content (AvgIpc) is 2.17. The van der Waals surface area contributed by atoms with Gasteiger partial charge < -0.3 is 9.84 Å². The third kappa shape index (κ3) is 2.40. The van der Waals surface area contributed by atoms with E-state index in [4.69, 9.17) is 21.4 Å². The first-order valence-corrected chi connectivity index (χ1v) is 5.06. The third-order valence-electron chi connectivity index (χ3n) is 2.22. The number of hydrogen-bond donors (Lipinski definition) is 1. The molecule has 1 rings (SSSR count). The van der Waals surface area contributed by atoms with Crippen molar-refractivity contribution in [1.82, 2.24) is 0 Å². The van der Waals surface area contributed by atoms with E-state index in [1.165, 1.54) is 0 Å². The molecule has 0 aliphatic heterocycles. The number of rotatable bonds is 4. The van der Waals surface area contributed by atoms with Gasteiger partial charge in [-0.15, -0.1) is 0 Å². The Morgan fingerprint density at radius 1 is 1.43 bits per heavy atom. The van der Waals surface area contributed by atoms with E-state index < -0.39 is 0 Å². The van der Waals surface area contributed by atoms with Crippen LogP contribution in [0.1, 0.15) is 18.1 Å². The summed E-state index contributed by atoms with van der Waals surface area (Å²) in [4.78, 5) is 0. The van der Waals surface area contributed by atoms with Crippen molar-refractivity contribution in [3.05, 3.63) is 28.3 Å². The molecule has 0 bridgehead atoms. The van der Waals surface area contributed by atoms with Gasteiger partial charge in [0.2, 0.25) is 0 Å². The zero-order chi connectivity index (χ0) is 10.6. The smallest absolute Gasteiger partial charge is 0.123 e. The van der Waals surface area contributed by atoms with Crippen LogP contribution in [0.5, 0.6) is 5.75 Å². The number of aliphatic hydroxyl groups excluding tert-OH is 1. The molecular weight excluding hydrogens is 200 g/mol. The Morgan fingerprint density at radius 3 is 2.64 bits per heavy atom. The minimum Gasteiger partial charge on any atom is -0.496 e. The summed E-state index contributed by atoms with van der Waals surface area (Å²) in [5, 5.41) is 9.57. The van der Waals surface area contributed by atoms with Crippen LogP contribution >= 0.6 is 11.6 Å². The van der Waals surface area contributed by atoms with Gasteiger partial charge in [-0.1, -0.05) is 18.5 Å². The van der Waals surface area contributed by atoms with E-state index in [2.05, 4.69) is 6.92 Å². The van der Waals surface area contributed by atoms with Gasteiger partial charge >= 0.3 is 0 Å². The highest BCUT2D eigenvalue weighted by Crippen LogP contribution is 2.28. The van der Waals surface area contributed by atoms with Crippen LogP contribution in [0.25, 0.3) is 0 Å². The van der Waals surface area contributed by atoms with Crippen LogP contribution in [0.15, 0.2) is 12.1 Å². The van der Waals surface area contributed by atoms with Gasteiger partial charge in [0.1, 0.15) is 5.75 Å². The highest BCUT2D eigenvalue weighted by Gasteiger charge is 2.08. The Labute approximate surface area is 89.5 Å². The quantitative estimate of drug-likeness (QED) is 0.835. The molecule has 2 nitrogen and oxygen atoms in total. The maximum atomic E-state index is 8.91. The standard InChI is InChI=1S/C11H15ClO2/c1-3-10-8(4-5-13)6-9(12)7-11(10)14-2/h6-7,13H,3-5H2,1-2H3. The summed E-state index contributed by atoms with van der Waals surface area (Å²) in [5.41, 5.74) is 2.20. The SMILES string of the molecule is CCc1c(CCO)cc(Cl)cc1OC. The summed E-state index contributed by atoms with van der Waals surface area (Å²) < 4.78 is 5.24. The minimum atomic E-state index is 0.135. The summed E-state index contributed by atoms with van der Waals surface area (Å²) in [6.07, 6.45) is 1.51. The molecule has 0 fully saturated rings. The Morgan fingerprint density at radius 2 is 2.14 bits per heavy atom. The molecule has 1 aromatic carbocycles. The highest BCUT2D eigenvalue weighted by molar-refractivity contribution is 6.30. The van der Waals surface area contributed by atoms with E-state index in [0.717, 1.165) is 23.3 Å². The molecule has 1 N–H and O–H groups in total. The van der Waals surface area contributed by atoms with Crippen molar-refractivity contribution < 1.29 is 9.84 Å². The van der Waals surface area contributed by atoms with Crippen molar-refractivity contribution in [3.8, 4) is 5.75 Å². The van der Waals surface area contributed by atoms with E-state index in [-0.39, 0.29) is 6.61 Å². The molecule has 14 heavy (non-hydrogen) atoms. The van der Waals surface area contributed by atoms with Crippen LogP contribution in [-0.2, 0) is 12.8 Å². The van der Waals surface area contributed by atoms with Crippen LogP contribution in [-0.4, -0.2) is 18.8 Å². The fourth-order valence-corrected chi connectivity index (χ4v) is 1.82. The number of halogens is 1. The Balaban J connectivity index is 3.17. The first kappa shape index (κ1) is 11.3. The van der Waals surface area contributed by atoms with Gasteiger partial charge in [0.25, 0.3) is 0 Å².